The van der Waals surface area contributed by atoms with Crippen LogP contribution in [0.5, 0.6) is 0 Å². The number of nitrogens with zero attached hydrogens (tertiary/aromatic N) is 1. The van der Waals surface area contributed by atoms with Crippen LogP contribution >= 0.6 is 0 Å². The largest absolute Gasteiger partial charge is 0.396 e. The Bertz CT molecular complexity index is 686. The summed E-state index contributed by atoms with van der Waals surface area (Å²) < 4.78 is 6.60. The zero-order valence-corrected chi connectivity index (χ0v) is 18.7. The summed E-state index contributed by atoms with van der Waals surface area (Å²) in [5.74, 6) is -1.77. The SMILES string of the molecule is CCCC(C)NC(=O)C1N(CCCCO)C(=O)[C@@H]2[C@@H](C(=O)NC)[C@@]3(CC)CCC12O3. The lowest BCUT2D eigenvalue weighted by molar-refractivity contribution is -0.147. The lowest BCUT2D eigenvalue weighted by Gasteiger charge is -2.34. The summed E-state index contributed by atoms with van der Waals surface area (Å²) in [5, 5.41) is 15.0. The number of nitrogens with one attached hydrogen (secondary N) is 2. The number of ether oxygens (including phenoxy) is 1. The first-order chi connectivity index (χ1) is 14.3. The Morgan fingerprint density at radius 1 is 1.27 bits per heavy atom. The molecule has 0 radical (unpaired) electrons. The van der Waals surface area contributed by atoms with Crippen LogP contribution in [0.1, 0.15) is 65.7 Å². The van der Waals surface area contributed by atoms with E-state index in [1.807, 2.05) is 13.8 Å². The van der Waals surface area contributed by atoms with Gasteiger partial charge < -0.3 is 25.4 Å². The number of fused-ring (bicyclic) bond motifs is 1. The van der Waals surface area contributed by atoms with Crippen LogP contribution < -0.4 is 10.6 Å². The Morgan fingerprint density at radius 2 is 2.00 bits per heavy atom. The summed E-state index contributed by atoms with van der Waals surface area (Å²) in [6.45, 7) is 6.44. The minimum absolute atomic E-state index is 0.000759. The van der Waals surface area contributed by atoms with Gasteiger partial charge in [-0.25, -0.2) is 0 Å². The summed E-state index contributed by atoms with van der Waals surface area (Å²) >= 11 is 0. The van der Waals surface area contributed by atoms with Crippen molar-refractivity contribution in [3.63, 3.8) is 0 Å². The van der Waals surface area contributed by atoms with E-state index in [1.54, 1.807) is 11.9 Å². The monoisotopic (exact) mass is 423 g/mol. The minimum Gasteiger partial charge on any atom is -0.396 e. The average Bonchev–Trinajstić information content (AvgIpc) is 3.32. The van der Waals surface area contributed by atoms with Crippen LogP contribution in [0.15, 0.2) is 0 Å². The van der Waals surface area contributed by atoms with E-state index in [-0.39, 0.29) is 30.4 Å². The van der Waals surface area contributed by atoms with Gasteiger partial charge in [-0.3, -0.25) is 14.4 Å². The van der Waals surface area contributed by atoms with Gasteiger partial charge in [0.25, 0.3) is 0 Å². The summed E-state index contributed by atoms with van der Waals surface area (Å²) in [6.07, 6.45) is 4.86. The molecule has 170 valence electrons. The molecule has 3 fully saturated rings. The van der Waals surface area contributed by atoms with E-state index in [0.717, 1.165) is 12.8 Å². The number of amides is 3. The van der Waals surface area contributed by atoms with Gasteiger partial charge in [0.2, 0.25) is 17.7 Å². The number of hydrogen-bond acceptors (Lipinski definition) is 5. The number of unbranched alkanes of at least 4 members (excludes halogenated alkanes) is 1. The Morgan fingerprint density at radius 3 is 2.60 bits per heavy atom. The van der Waals surface area contributed by atoms with Gasteiger partial charge in [0, 0.05) is 26.2 Å². The number of aliphatic hydroxyl groups is 1. The van der Waals surface area contributed by atoms with Gasteiger partial charge in [-0.2, -0.15) is 0 Å². The van der Waals surface area contributed by atoms with Crippen LogP contribution in [0, 0.1) is 11.8 Å². The molecule has 0 aromatic rings. The molecule has 0 aromatic heterocycles. The van der Waals surface area contributed by atoms with Gasteiger partial charge in [-0.05, 0) is 45.4 Å². The quantitative estimate of drug-likeness (QED) is 0.454. The van der Waals surface area contributed by atoms with E-state index in [1.165, 1.54) is 0 Å². The molecule has 1 spiro atoms. The van der Waals surface area contributed by atoms with E-state index >= 15 is 0 Å². The van der Waals surface area contributed by atoms with Crippen LogP contribution in [0.3, 0.4) is 0 Å². The van der Waals surface area contributed by atoms with Crippen molar-refractivity contribution >= 4 is 17.7 Å². The van der Waals surface area contributed by atoms with Crippen LogP contribution in [0.25, 0.3) is 0 Å². The summed E-state index contributed by atoms with van der Waals surface area (Å²) in [4.78, 5) is 41.5. The van der Waals surface area contributed by atoms with Gasteiger partial charge in [0.1, 0.15) is 11.6 Å². The van der Waals surface area contributed by atoms with E-state index < -0.39 is 29.1 Å². The third-order valence-electron chi connectivity index (χ3n) is 7.38. The van der Waals surface area contributed by atoms with Crippen molar-refractivity contribution < 1.29 is 24.2 Å². The topological polar surface area (TPSA) is 108 Å². The van der Waals surface area contributed by atoms with Gasteiger partial charge in [-0.1, -0.05) is 20.3 Å². The fraction of sp³-hybridized carbons (Fsp3) is 0.864. The Kier molecular flexibility index (Phi) is 6.77. The average molecular weight is 424 g/mol. The normalized spacial score (nSPS) is 35.4. The Labute approximate surface area is 179 Å². The number of carbonyl (C=O) groups is 3. The van der Waals surface area contributed by atoms with E-state index in [4.69, 9.17) is 4.74 Å². The molecule has 8 nitrogen and oxygen atoms in total. The molecule has 6 atom stereocenters. The van der Waals surface area contributed by atoms with Crippen LogP contribution in [0.4, 0.5) is 0 Å². The number of hydrogen-bond donors (Lipinski definition) is 3. The highest BCUT2D eigenvalue weighted by Gasteiger charge is 2.78. The van der Waals surface area contributed by atoms with Crippen molar-refractivity contribution in [2.75, 3.05) is 20.2 Å². The minimum atomic E-state index is -0.959. The van der Waals surface area contributed by atoms with E-state index in [2.05, 4.69) is 17.6 Å². The molecule has 8 heteroatoms. The molecule has 3 rings (SSSR count). The van der Waals surface area contributed by atoms with E-state index in [0.29, 0.717) is 38.6 Å². The molecule has 30 heavy (non-hydrogen) atoms. The molecule has 3 unspecified atom stereocenters. The number of aliphatic hydroxyl groups excluding tert-OH is 1. The molecular formula is C22H37N3O5. The molecule has 0 aliphatic carbocycles. The highest BCUT2D eigenvalue weighted by molar-refractivity contribution is 5.99. The smallest absolute Gasteiger partial charge is 0.246 e. The molecule has 3 aliphatic heterocycles. The molecule has 3 aliphatic rings. The van der Waals surface area contributed by atoms with Crippen molar-refractivity contribution in [2.45, 2.75) is 89.0 Å². The zero-order chi connectivity index (χ0) is 22.1. The lowest BCUT2D eigenvalue weighted by atomic mass is 9.65. The molecule has 0 saturated carbocycles. The van der Waals surface area contributed by atoms with Crippen molar-refractivity contribution in [3.8, 4) is 0 Å². The van der Waals surface area contributed by atoms with Crippen molar-refractivity contribution in [1.29, 1.82) is 0 Å². The van der Waals surface area contributed by atoms with Crippen LogP contribution in [-0.4, -0.2) is 71.2 Å². The third-order valence-corrected chi connectivity index (χ3v) is 7.38. The standard InChI is InChI=1S/C22H37N3O5/c1-5-9-14(3)24-19(28)17-22-11-10-21(6-2,30-22)15(18(27)23-4)16(22)20(29)25(17)12-7-8-13-26/h14-17,26H,5-13H2,1-4H3,(H,23,27)(H,24,28)/t14?,15-,16-,17?,21+,22?/m0/s1. The highest BCUT2D eigenvalue weighted by Crippen LogP contribution is 2.64. The maximum atomic E-state index is 13.6. The molecule has 3 heterocycles. The van der Waals surface area contributed by atoms with Crippen LogP contribution in [0.2, 0.25) is 0 Å². The summed E-state index contributed by atoms with van der Waals surface area (Å²) in [5.41, 5.74) is -1.65. The zero-order valence-electron chi connectivity index (χ0n) is 18.7. The molecule has 2 bridgehead atoms. The fourth-order valence-corrected chi connectivity index (χ4v) is 6.03. The van der Waals surface area contributed by atoms with Crippen molar-refractivity contribution in [1.82, 2.24) is 15.5 Å². The van der Waals surface area contributed by atoms with E-state index in [9.17, 15) is 19.5 Å². The van der Waals surface area contributed by atoms with Gasteiger partial charge >= 0.3 is 0 Å². The maximum absolute atomic E-state index is 13.6. The number of carbonyl (C=O) groups excluding carboxylic acids is 3. The summed E-state index contributed by atoms with van der Waals surface area (Å²) in [7, 11) is 1.58. The van der Waals surface area contributed by atoms with Crippen molar-refractivity contribution in [2.24, 2.45) is 11.8 Å². The van der Waals surface area contributed by atoms with Gasteiger partial charge in [0.05, 0.1) is 17.4 Å². The van der Waals surface area contributed by atoms with Gasteiger partial charge in [0.15, 0.2) is 0 Å². The lowest BCUT2D eigenvalue weighted by Crippen LogP contribution is -2.56. The Balaban J connectivity index is 1.98. The van der Waals surface area contributed by atoms with Crippen LogP contribution in [-0.2, 0) is 19.1 Å². The first-order valence-electron chi connectivity index (χ1n) is 11.4. The first kappa shape index (κ1) is 23.0. The summed E-state index contributed by atoms with van der Waals surface area (Å²) in [6, 6.07) is -0.739. The second-order valence-electron chi connectivity index (χ2n) is 9.11. The van der Waals surface area contributed by atoms with Crippen molar-refractivity contribution in [3.05, 3.63) is 0 Å². The Hall–Kier alpha value is -1.67. The molecule has 3 saturated heterocycles. The maximum Gasteiger partial charge on any atom is 0.246 e. The fourth-order valence-electron chi connectivity index (χ4n) is 6.03. The second-order valence-corrected chi connectivity index (χ2v) is 9.11. The second kappa shape index (κ2) is 8.83. The third kappa shape index (κ3) is 3.42. The first-order valence-corrected chi connectivity index (χ1v) is 11.4. The predicted molar refractivity (Wildman–Crippen MR) is 111 cm³/mol. The highest BCUT2D eigenvalue weighted by atomic mass is 16.5. The molecule has 3 N–H and O–H groups in total. The predicted octanol–water partition coefficient (Wildman–Crippen LogP) is 0.965. The number of likely N-dealkylation sites (tertiary alicyclic amines) is 1. The molecular weight excluding hydrogens is 386 g/mol. The van der Waals surface area contributed by atoms with Gasteiger partial charge in [-0.15, -0.1) is 0 Å². The molecule has 3 amide bonds. The molecule has 0 aromatic carbocycles. The number of rotatable bonds is 10.